The predicted octanol–water partition coefficient (Wildman–Crippen LogP) is 3.40. The zero-order valence-electron chi connectivity index (χ0n) is 7.71. The molecule has 0 saturated heterocycles. The first kappa shape index (κ1) is 15.4. The average molecular weight is 260 g/mol. The normalized spacial score (nSPS) is 15.6. The molecular weight excluding hydrogens is 252 g/mol. The SMILES string of the molecule is FCCC(F)OCC(C(F)(F)F)C(F)(F)F. The summed E-state index contributed by atoms with van der Waals surface area (Å²) in [6.07, 6.45) is -14.5. The van der Waals surface area contributed by atoms with E-state index in [1.807, 2.05) is 0 Å². The third-order valence-electron chi connectivity index (χ3n) is 1.57. The van der Waals surface area contributed by atoms with Crippen molar-refractivity contribution in [1.82, 2.24) is 0 Å². The van der Waals surface area contributed by atoms with Crippen LogP contribution in [0.15, 0.2) is 0 Å². The highest BCUT2D eigenvalue weighted by Crippen LogP contribution is 2.39. The van der Waals surface area contributed by atoms with Crippen molar-refractivity contribution >= 4 is 0 Å². The summed E-state index contributed by atoms with van der Waals surface area (Å²) in [4.78, 5) is 0. The largest absolute Gasteiger partial charge is 0.402 e. The Balaban J connectivity index is 4.36. The van der Waals surface area contributed by atoms with Crippen LogP contribution in [-0.4, -0.2) is 32.0 Å². The molecule has 0 bridgehead atoms. The number of rotatable bonds is 5. The third kappa shape index (κ3) is 5.47. The Bertz CT molecular complexity index is 184. The van der Waals surface area contributed by atoms with Gasteiger partial charge in [0, 0.05) is 6.42 Å². The molecule has 0 amide bonds. The molecule has 0 aromatic heterocycles. The Labute approximate surface area is 85.4 Å². The Morgan fingerprint density at radius 1 is 0.938 bits per heavy atom. The van der Waals surface area contributed by atoms with Crippen LogP contribution in [0.1, 0.15) is 6.42 Å². The van der Waals surface area contributed by atoms with Crippen LogP contribution in [0, 0.1) is 5.92 Å². The van der Waals surface area contributed by atoms with Crippen molar-refractivity contribution in [3.63, 3.8) is 0 Å². The lowest BCUT2D eigenvalue weighted by Gasteiger charge is -2.23. The highest BCUT2D eigenvalue weighted by atomic mass is 19.4. The summed E-state index contributed by atoms with van der Waals surface area (Å²) in [6, 6.07) is 0. The molecule has 0 aromatic rings. The minimum absolute atomic E-state index is 0.900. The average Bonchev–Trinajstić information content (AvgIpc) is 1.99. The minimum Gasteiger partial charge on any atom is -0.347 e. The Morgan fingerprint density at radius 3 is 1.69 bits per heavy atom. The third-order valence-corrected chi connectivity index (χ3v) is 1.57. The van der Waals surface area contributed by atoms with E-state index in [9.17, 15) is 35.1 Å². The molecule has 0 heterocycles. The van der Waals surface area contributed by atoms with Gasteiger partial charge in [-0.1, -0.05) is 0 Å². The van der Waals surface area contributed by atoms with Crippen molar-refractivity contribution in [2.75, 3.05) is 13.3 Å². The molecule has 16 heavy (non-hydrogen) atoms. The highest BCUT2D eigenvalue weighted by Gasteiger charge is 2.56. The molecule has 1 unspecified atom stereocenters. The zero-order chi connectivity index (χ0) is 13.0. The van der Waals surface area contributed by atoms with Crippen molar-refractivity contribution in [2.45, 2.75) is 25.1 Å². The van der Waals surface area contributed by atoms with Crippen molar-refractivity contribution < 1.29 is 39.9 Å². The van der Waals surface area contributed by atoms with Gasteiger partial charge in [-0.3, -0.25) is 4.39 Å². The highest BCUT2D eigenvalue weighted by molar-refractivity contribution is 4.75. The number of halogens is 8. The van der Waals surface area contributed by atoms with Gasteiger partial charge in [-0.05, 0) is 0 Å². The van der Waals surface area contributed by atoms with E-state index >= 15 is 0 Å². The molecular formula is C7H8F8O. The summed E-state index contributed by atoms with van der Waals surface area (Å²) in [5.41, 5.74) is 0. The minimum atomic E-state index is -5.58. The fourth-order valence-electron chi connectivity index (χ4n) is 0.744. The van der Waals surface area contributed by atoms with E-state index in [2.05, 4.69) is 4.74 Å². The van der Waals surface area contributed by atoms with E-state index < -0.39 is 44.3 Å². The van der Waals surface area contributed by atoms with Gasteiger partial charge in [0.2, 0.25) is 6.36 Å². The Hall–Kier alpha value is -0.600. The van der Waals surface area contributed by atoms with Crippen LogP contribution in [0.3, 0.4) is 0 Å². The molecule has 0 aliphatic rings. The molecule has 0 saturated carbocycles. The standard InChI is InChI=1S/C7H8F8O/c8-2-1-5(9)16-3-4(6(10,11)12)7(13,14)15/h4-5H,1-3H2. The summed E-state index contributed by atoms with van der Waals surface area (Å²) in [5.74, 6) is -3.77. The molecule has 0 spiro atoms. The monoisotopic (exact) mass is 260 g/mol. The van der Waals surface area contributed by atoms with E-state index in [0.717, 1.165) is 0 Å². The van der Waals surface area contributed by atoms with Gasteiger partial charge in [0.1, 0.15) is 0 Å². The number of ether oxygens (including phenoxy) is 1. The van der Waals surface area contributed by atoms with Crippen molar-refractivity contribution in [3.8, 4) is 0 Å². The maximum atomic E-state index is 12.3. The van der Waals surface area contributed by atoms with Crippen LogP contribution in [0.25, 0.3) is 0 Å². The smallest absolute Gasteiger partial charge is 0.347 e. The summed E-state index contributed by atoms with van der Waals surface area (Å²) < 4.78 is 98.6. The van der Waals surface area contributed by atoms with Gasteiger partial charge in [0.05, 0.1) is 13.3 Å². The molecule has 0 fully saturated rings. The Kier molecular flexibility index (Phi) is 5.43. The first-order valence-electron chi connectivity index (χ1n) is 4.04. The lowest BCUT2D eigenvalue weighted by Crippen LogP contribution is -2.40. The van der Waals surface area contributed by atoms with Gasteiger partial charge in [-0.2, -0.15) is 26.3 Å². The second-order valence-corrected chi connectivity index (χ2v) is 2.86. The quantitative estimate of drug-likeness (QED) is 0.688. The van der Waals surface area contributed by atoms with E-state index in [-0.39, 0.29) is 0 Å². The molecule has 98 valence electrons. The molecule has 0 radical (unpaired) electrons. The van der Waals surface area contributed by atoms with Gasteiger partial charge in [-0.15, -0.1) is 0 Å². The molecule has 0 aromatic carbocycles. The predicted molar refractivity (Wildman–Crippen MR) is 37.0 cm³/mol. The number of alkyl halides is 8. The summed E-state index contributed by atoms with van der Waals surface area (Å²) >= 11 is 0. The first-order valence-corrected chi connectivity index (χ1v) is 4.04. The Morgan fingerprint density at radius 2 is 1.38 bits per heavy atom. The van der Waals surface area contributed by atoms with Gasteiger partial charge in [-0.25, -0.2) is 4.39 Å². The maximum Gasteiger partial charge on any atom is 0.402 e. The molecule has 0 rings (SSSR count). The van der Waals surface area contributed by atoms with Crippen LogP contribution in [0.4, 0.5) is 35.1 Å². The molecule has 1 atom stereocenters. The molecule has 9 heteroatoms. The van der Waals surface area contributed by atoms with E-state index in [4.69, 9.17) is 0 Å². The van der Waals surface area contributed by atoms with Crippen LogP contribution < -0.4 is 0 Å². The van der Waals surface area contributed by atoms with Gasteiger partial charge in [0.25, 0.3) is 0 Å². The fourth-order valence-corrected chi connectivity index (χ4v) is 0.744. The van der Waals surface area contributed by atoms with Crippen LogP contribution in [0.5, 0.6) is 0 Å². The van der Waals surface area contributed by atoms with Crippen molar-refractivity contribution in [2.24, 2.45) is 5.92 Å². The van der Waals surface area contributed by atoms with E-state index in [0.29, 0.717) is 0 Å². The van der Waals surface area contributed by atoms with E-state index in [1.165, 1.54) is 0 Å². The van der Waals surface area contributed by atoms with Gasteiger partial charge < -0.3 is 4.74 Å². The topological polar surface area (TPSA) is 9.23 Å². The molecule has 1 nitrogen and oxygen atoms in total. The van der Waals surface area contributed by atoms with Gasteiger partial charge >= 0.3 is 12.4 Å². The lowest BCUT2D eigenvalue weighted by atomic mass is 10.1. The van der Waals surface area contributed by atoms with Gasteiger partial charge in [0.15, 0.2) is 5.92 Å². The first-order chi connectivity index (χ1) is 7.09. The van der Waals surface area contributed by atoms with Crippen LogP contribution in [-0.2, 0) is 4.74 Å². The second kappa shape index (κ2) is 5.65. The van der Waals surface area contributed by atoms with Crippen LogP contribution >= 0.6 is 0 Å². The summed E-state index contributed by atoms with van der Waals surface area (Å²) in [6.45, 7) is -3.14. The fraction of sp³-hybridized carbons (Fsp3) is 1.00. The number of hydrogen-bond acceptors (Lipinski definition) is 1. The number of hydrogen-bond donors (Lipinski definition) is 0. The van der Waals surface area contributed by atoms with Crippen molar-refractivity contribution in [1.29, 1.82) is 0 Å². The van der Waals surface area contributed by atoms with Crippen LogP contribution in [0.2, 0.25) is 0 Å². The molecule has 0 N–H and O–H groups in total. The van der Waals surface area contributed by atoms with Crippen molar-refractivity contribution in [3.05, 3.63) is 0 Å². The summed E-state index contributed by atoms with van der Waals surface area (Å²) in [7, 11) is 0. The summed E-state index contributed by atoms with van der Waals surface area (Å²) in [5, 5.41) is 0. The second-order valence-electron chi connectivity index (χ2n) is 2.86. The molecule has 0 aliphatic heterocycles. The maximum absolute atomic E-state index is 12.3. The van der Waals surface area contributed by atoms with E-state index in [1.54, 1.807) is 0 Å². The lowest BCUT2D eigenvalue weighted by molar-refractivity contribution is -0.299. The zero-order valence-corrected chi connectivity index (χ0v) is 7.71. The molecule has 0 aliphatic carbocycles.